The van der Waals surface area contributed by atoms with Gasteiger partial charge in [0, 0.05) is 45.0 Å². The highest BCUT2D eigenvalue weighted by Crippen LogP contribution is 2.17. The summed E-state index contributed by atoms with van der Waals surface area (Å²) in [4.78, 5) is 18.8. The van der Waals surface area contributed by atoms with Crippen LogP contribution in [-0.2, 0) is 18.4 Å². The zero-order chi connectivity index (χ0) is 18.1. The molecule has 1 aliphatic carbocycles. The fourth-order valence-electron chi connectivity index (χ4n) is 3.26. The third kappa shape index (κ3) is 6.44. The standard InChI is InChI=1S/C19H33N5O/c1-4-20-19(24(3)15-17-11-8-14-23(17)2)21-13-12-18(25)22-16-9-6-5-7-10-16/h8,11,14,16H,4-7,9-10,12-13,15H2,1-3H3,(H,20,21)(H,22,25). The van der Waals surface area contributed by atoms with Crippen molar-refractivity contribution in [1.29, 1.82) is 0 Å². The number of guanidine groups is 1. The van der Waals surface area contributed by atoms with Crippen molar-refractivity contribution in [2.24, 2.45) is 12.0 Å². The molecule has 1 fully saturated rings. The van der Waals surface area contributed by atoms with Gasteiger partial charge in [-0.05, 0) is 31.9 Å². The lowest BCUT2D eigenvalue weighted by atomic mass is 9.95. The van der Waals surface area contributed by atoms with Crippen LogP contribution in [0.25, 0.3) is 0 Å². The summed E-state index contributed by atoms with van der Waals surface area (Å²) in [5.41, 5.74) is 1.23. The predicted molar refractivity (Wildman–Crippen MR) is 102 cm³/mol. The Bertz CT molecular complexity index is 560. The minimum absolute atomic E-state index is 0.122. The molecular formula is C19H33N5O. The van der Waals surface area contributed by atoms with E-state index in [1.165, 1.54) is 25.0 Å². The Balaban J connectivity index is 1.81. The Morgan fingerprint density at radius 1 is 1.36 bits per heavy atom. The molecule has 0 radical (unpaired) electrons. The maximum Gasteiger partial charge on any atom is 0.222 e. The van der Waals surface area contributed by atoms with Crippen LogP contribution in [0.2, 0.25) is 0 Å². The largest absolute Gasteiger partial charge is 0.357 e. The van der Waals surface area contributed by atoms with Gasteiger partial charge in [0.05, 0.1) is 13.1 Å². The maximum absolute atomic E-state index is 12.1. The molecule has 6 heteroatoms. The minimum Gasteiger partial charge on any atom is -0.357 e. The Morgan fingerprint density at radius 3 is 2.76 bits per heavy atom. The second-order valence-corrected chi connectivity index (χ2v) is 6.85. The second kappa shape index (κ2) is 10.1. The van der Waals surface area contributed by atoms with Crippen LogP contribution in [0.4, 0.5) is 0 Å². The third-order valence-corrected chi connectivity index (χ3v) is 4.72. The van der Waals surface area contributed by atoms with Crippen molar-refractivity contribution in [3.8, 4) is 0 Å². The van der Waals surface area contributed by atoms with E-state index in [0.717, 1.165) is 31.9 Å². The van der Waals surface area contributed by atoms with Crippen molar-refractivity contribution in [2.75, 3.05) is 20.1 Å². The molecule has 0 unspecified atom stereocenters. The first-order valence-corrected chi connectivity index (χ1v) is 9.49. The van der Waals surface area contributed by atoms with E-state index >= 15 is 0 Å². The van der Waals surface area contributed by atoms with Crippen LogP contribution in [0.15, 0.2) is 23.3 Å². The van der Waals surface area contributed by atoms with E-state index in [2.05, 4.69) is 38.1 Å². The second-order valence-electron chi connectivity index (χ2n) is 6.85. The molecule has 0 atom stereocenters. The molecule has 6 nitrogen and oxygen atoms in total. The topological polar surface area (TPSA) is 61.7 Å². The lowest BCUT2D eigenvalue weighted by Crippen LogP contribution is -2.39. The summed E-state index contributed by atoms with van der Waals surface area (Å²) in [5, 5.41) is 6.46. The monoisotopic (exact) mass is 347 g/mol. The third-order valence-electron chi connectivity index (χ3n) is 4.72. The average molecular weight is 348 g/mol. The summed E-state index contributed by atoms with van der Waals surface area (Å²) in [6.45, 7) is 4.16. The molecule has 2 N–H and O–H groups in total. The highest BCUT2D eigenvalue weighted by Gasteiger charge is 2.15. The number of carbonyl (C=O) groups excluding carboxylic acids is 1. The number of aryl methyl sites for hydroxylation is 1. The van der Waals surface area contributed by atoms with Crippen LogP contribution >= 0.6 is 0 Å². The van der Waals surface area contributed by atoms with Crippen molar-refractivity contribution < 1.29 is 4.79 Å². The normalized spacial score (nSPS) is 15.9. The number of aromatic nitrogens is 1. The first-order valence-electron chi connectivity index (χ1n) is 9.49. The zero-order valence-electron chi connectivity index (χ0n) is 15.9. The zero-order valence-corrected chi connectivity index (χ0v) is 15.9. The Hall–Kier alpha value is -1.98. The molecule has 25 heavy (non-hydrogen) atoms. The summed E-state index contributed by atoms with van der Waals surface area (Å²) in [6, 6.07) is 4.53. The van der Waals surface area contributed by atoms with Crippen LogP contribution in [0.3, 0.4) is 0 Å². The number of carbonyl (C=O) groups is 1. The van der Waals surface area contributed by atoms with Crippen LogP contribution in [0, 0.1) is 0 Å². The number of hydrogen-bond donors (Lipinski definition) is 2. The number of nitrogens with one attached hydrogen (secondary N) is 2. The number of amides is 1. The highest BCUT2D eigenvalue weighted by atomic mass is 16.1. The smallest absolute Gasteiger partial charge is 0.222 e. The molecule has 1 saturated carbocycles. The van der Waals surface area contributed by atoms with Crippen molar-refractivity contribution in [3.05, 3.63) is 24.0 Å². The molecule has 1 aromatic heterocycles. The predicted octanol–water partition coefficient (Wildman–Crippen LogP) is 2.26. The molecule has 2 rings (SSSR count). The van der Waals surface area contributed by atoms with E-state index in [0.29, 0.717) is 19.0 Å². The molecule has 0 aromatic carbocycles. The van der Waals surface area contributed by atoms with E-state index in [-0.39, 0.29) is 5.91 Å². The summed E-state index contributed by atoms with van der Waals surface area (Å²) in [7, 11) is 4.07. The first-order chi connectivity index (χ1) is 12.1. The van der Waals surface area contributed by atoms with E-state index in [1.807, 2.05) is 26.4 Å². The summed E-state index contributed by atoms with van der Waals surface area (Å²) >= 11 is 0. The highest BCUT2D eigenvalue weighted by molar-refractivity contribution is 5.80. The number of hydrogen-bond acceptors (Lipinski definition) is 2. The van der Waals surface area contributed by atoms with Gasteiger partial charge in [0.2, 0.25) is 5.91 Å². The van der Waals surface area contributed by atoms with Gasteiger partial charge in [0.15, 0.2) is 5.96 Å². The van der Waals surface area contributed by atoms with Gasteiger partial charge in [-0.3, -0.25) is 9.79 Å². The summed E-state index contributed by atoms with van der Waals surface area (Å²) < 4.78 is 2.11. The van der Waals surface area contributed by atoms with Crippen molar-refractivity contribution in [2.45, 2.75) is 58.0 Å². The molecule has 1 aliphatic rings. The molecule has 1 aromatic rings. The van der Waals surface area contributed by atoms with Gasteiger partial charge in [-0.15, -0.1) is 0 Å². The molecule has 0 bridgehead atoms. The van der Waals surface area contributed by atoms with Crippen LogP contribution in [0.1, 0.15) is 51.1 Å². The van der Waals surface area contributed by atoms with Gasteiger partial charge in [-0.1, -0.05) is 19.3 Å². The molecule has 1 amide bonds. The molecule has 0 spiro atoms. The molecular weight excluding hydrogens is 314 g/mol. The Labute approximate surface area is 151 Å². The number of aliphatic imine (C=N–C) groups is 1. The Morgan fingerprint density at radius 2 is 2.12 bits per heavy atom. The van der Waals surface area contributed by atoms with Crippen LogP contribution in [-0.4, -0.2) is 47.5 Å². The number of nitrogens with zero attached hydrogens (tertiary/aromatic N) is 3. The van der Waals surface area contributed by atoms with E-state index in [9.17, 15) is 4.79 Å². The fourth-order valence-corrected chi connectivity index (χ4v) is 3.26. The van der Waals surface area contributed by atoms with Gasteiger partial charge in [0.25, 0.3) is 0 Å². The maximum atomic E-state index is 12.1. The van der Waals surface area contributed by atoms with Gasteiger partial charge >= 0.3 is 0 Å². The van der Waals surface area contributed by atoms with E-state index < -0.39 is 0 Å². The van der Waals surface area contributed by atoms with Gasteiger partial charge in [-0.2, -0.15) is 0 Å². The molecule has 140 valence electrons. The summed E-state index contributed by atoms with van der Waals surface area (Å²) in [6.07, 6.45) is 8.51. The fraction of sp³-hybridized carbons (Fsp3) is 0.684. The molecule has 0 aliphatic heterocycles. The van der Waals surface area contributed by atoms with E-state index in [4.69, 9.17) is 0 Å². The van der Waals surface area contributed by atoms with Crippen molar-refractivity contribution in [3.63, 3.8) is 0 Å². The Kier molecular flexibility index (Phi) is 7.82. The first kappa shape index (κ1) is 19.3. The average Bonchev–Trinajstić information content (AvgIpc) is 3.00. The van der Waals surface area contributed by atoms with Gasteiger partial charge in [0.1, 0.15) is 0 Å². The minimum atomic E-state index is 0.122. The lowest BCUT2D eigenvalue weighted by molar-refractivity contribution is -0.121. The number of rotatable bonds is 7. The van der Waals surface area contributed by atoms with Crippen molar-refractivity contribution >= 4 is 11.9 Å². The van der Waals surface area contributed by atoms with Gasteiger partial charge < -0.3 is 20.1 Å². The quantitative estimate of drug-likeness (QED) is 0.587. The lowest BCUT2D eigenvalue weighted by Gasteiger charge is -2.23. The van der Waals surface area contributed by atoms with Gasteiger partial charge in [-0.25, -0.2) is 0 Å². The SMILES string of the molecule is CCNC(=NCCC(=O)NC1CCCCC1)N(C)Cc1cccn1C. The molecule has 1 heterocycles. The summed E-state index contributed by atoms with van der Waals surface area (Å²) in [5.74, 6) is 0.964. The molecule has 0 saturated heterocycles. The van der Waals surface area contributed by atoms with E-state index in [1.54, 1.807) is 0 Å². The van der Waals surface area contributed by atoms with Crippen LogP contribution < -0.4 is 10.6 Å². The van der Waals surface area contributed by atoms with Crippen molar-refractivity contribution in [1.82, 2.24) is 20.1 Å². The van der Waals surface area contributed by atoms with Crippen LogP contribution in [0.5, 0.6) is 0 Å².